The topological polar surface area (TPSA) is 101 Å². The lowest BCUT2D eigenvalue weighted by molar-refractivity contribution is -0.139. The zero-order valence-corrected chi connectivity index (χ0v) is 8.53. The molecule has 0 fully saturated rings. The standard InChI is InChI=1S/C10H15N3O2/c1-13-9(10(14)15)5-6-2-3-7(11)8(12)4-6/h2-4,9,13H,5,11-12H2,1H3,(H,14,15)/t9-/m0/s1. The minimum absolute atomic E-state index is 0.385. The van der Waals surface area contributed by atoms with E-state index in [-0.39, 0.29) is 0 Å². The average molecular weight is 209 g/mol. The van der Waals surface area contributed by atoms with Crippen molar-refractivity contribution in [2.75, 3.05) is 18.5 Å². The molecule has 1 atom stereocenters. The molecular weight excluding hydrogens is 194 g/mol. The van der Waals surface area contributed by atoms with Gasteiger partial charge >= 0.3 is 5.97 Å². The predicted octanol–water partition coefficient (Wildman–Crippen LogP) is 0.0661. The number of aliphatic carboxylic acids is 1. The summed E-state index contributed by atoms with van der Waals surface area (Å²) in [6.45, 7) is 0. The average Bonchev–Trinajstić information content (AvgIpc) is 2.19. The maximum atomic E-state index is 10.8. The minimum atomic E-state index is -0.882. The second-order valence-electron chi connectivity index (χ2n) is 3.35. The molecular formula is C10H15N3O2. The molecule has 5 heteroatoms. The summed E-state index contributed by atoms with van der Waals surface area (Å²) in [6, 6.07) is 4.55. The van der Waals surface area contributed by atoms with Crippen LogP contribution in [0.3, 0.4) is 0 Å². The number of hydrogen-bond acceptors (Lipinski definition) is 4. The van der Waals surface area contributed by atoms with Crippen molar-refractivity contribution in [3.8, 4) is 0 Å². The fourth-order valence-corrected chi connectivity index (χ4v) is 1.30. The van der Waals surface area contributed by atoms with Gasteiger partial charge in [-0.15, -0.1) is 0 Å². The van der Waals surface area contributed by atoms with Crippen molar-refractivity contribution in [3.05, 3.63) is 23.8 Å². The number of benzene rings is 1. The van der Waals surface area contributed by atoms with E-state index in [9.17, 15) is 4.79 Å². The molecule has 1 rings (SSSR count). The molecule has 0 aromatic heterocycles. The molecule has 0 saturated heterocycles. The second-order valence-corrected chi connectivity index (χ2v) is 3.35. The number of likely N-dealkylation sites (N-methyl/N-ethyl adjacent to an activating group) is 1. The Balaban J connectivity index is 2.80. The molecule has 0 heterocycles. The highest BCUT2D eigenvalue weighted by atomic mass is 16.4. The lowest BCUT2D eigenvalue weighted by Gasteiger charge is -2.11. The third-order valence-electron chi connectivity index (χ3n) is 2.24. The summed E-state index contributed by atoms with van der Waals surface area (Å²) in [5, 5.41) is 11.6. The van der Waals surface area contributed by atoms with E-state index in [1.54, 1.807) is 25.2 Å². The number of nitrogens with two attached hydrogens (primary N) is 2. The molecule has 1 aromatic rings. The fourth-order valence-electron chi connectivity index (χ4n) is 1.30. The van der Waals surface area contributed by atoms with Crippen molar-refractivity contribution in [2.45, 2.75) is 12.5 Å². The second kappa shape index (κ2) is 4.65. The number of nitrogen functional groups attached to an aromatic ring is 2. The lowest BCUT2D eigenvalue weighted by Crippen LogP contribution is -2.35. The summed E-state index contributed by atoms with van der Waals surface area (Å²) < 4.78 is 0. The van der Waals surface area contributed by atoms with Crippen LogP contribution >= 0.6 is 0 Å². The molecule has 5 nitrogen and oxygen atoms in total. The lowest BCUT2D eigenvalue weighted by atomic mass is 10.0. The quantitative estimate of drug-likeness (QED) is 0.525. The van der Waals surface area contributed by atoms with Crippen LogP contribution in [0.2, 0.25) is 0 Å². The van der Waals surface area contributed by atoms with E-state index in [0.717, 1.165) is 5.56 Å². The number of carboxylic acids is 1. The number of carboxylic acid groups (broad SMARTS) is 1. The summed E-state index contributed by atoms with van der Waals surface area (Å²) >= 11 is 0. The van der Waals surface area contributed by atoms with Crippen molar-refractivity contribution in [3.63, 3.8) is 0 Å². The van der Waals surface area contributed by atoms with Gasteiger partial charge in [-0.25, -0.2) is 0 Å². The third kappa shape index (κ3) is 2.85. The molecule has 0 spiro atoms. The minimum Gasteiger partial charge on any atom is -0.480 e. The Hall–Kier alpha value is -1.75. The summed E-state index contributed by atoms with van der Waals surface area (Å²) in [7, 11) is 1.61. The van der Waals surface area contributed by atoms with Crippen molar-refractivity contribution in [1.82, 2.24) is 5.32 Å². The molecule has 1 aromatic carbocycles. The number of rotatable bonds is 4. The summed E-state index contributed by atoms with van der Waals surface area (Å²) in [6.07, 6.45) is 0.385. The molecule has 0 saturated carbocycles. The van der Waals surface area contributed by atoms with Gasteiger partial charge in [0, 0.05) is 0 Å². The van der Waals surface area contributed by atoms with Crippen LogP contribution in [0.25, 0.3) is 0 Å². The van der Waals surface area contributed by atoms with E-state index >= 15 is 0 Å². The molecule has 0 bridgehead atoms. The van der Waals surface area contributed by atoms with Crippen LogP contribution in [0.15, 0.2) is 18.2 Å². The van der Waals surface area contributed by atoms with Gasteiger partial charge in [0.2, 0.25) is 0 Å². The fraction of sp³-hybridized carbons (Fsp3) is 0.300. The monoisotopic (exact) mass is 209 g/mol. The smallest absolute Gasteiger partial charge is 0.321 e. The predicted molar refractivity (Wildman–Crippen MR) is 59.5 cm³/mol. The van der Waals surface area contributed by atoms with Gasteiger partial charge in [0.1, 0.15) is 6.04 Å². The van der Waals surface area contributed by atoms with E-state index in [1.807, 2.05) is 0 Å². The Bertz CT molecular complexity index is 366. The molecule has 0 aliphatic carbocycles. The number of anilines is 2. The molecule has 15 heavy (non-hydrogen) atoms. The highest BCUT2D eigenvalue weighted by Crippen LogP contribution is 2.17. The molecule has 0 amide bonds. The highest BCUT2D eigenvalue weighted by molar-refractivity contribution is 5.74. The Kier molecular flexibility index (Phi) is 3.51. The van der Waals surface area contributed by atoms with Gasteiger partial charge in [-0.2, -0.15) is 0 Å². The van der Waals surface area contributed by atoms with E-state index < -0.39 is 12.0 Å². The van der Waals surface area contributed by atoms with E-state index in [1.165, 1.54) is 0 Å². The van der Waals surface area contributed by atoms with Gasteiger partial charge in [-0.3, -0.25) is 4.79 Å². The number of carbonyl (C=O) groups is 1. The Morgan fingerprint density at radius 3 is 2.60 bits per heavy atom. The van der Waals surface area contributed by atoms with E-state index in [0.29, 0.717) is 17.8 Å². The number of nitrogens with one attached hydrogen (secondary N) is 1. The maximum absolute atomic E-state index is 10.8. The van der Waals surface area contributed by atoms with Crippen LogP contribution in [-0.4, -0.2) is 24.2 Å². The summed E-state index contributed by atoms with van der Waals surface area (Å²) in [5.74, 6) is -0.882. The first kappa shape index (κ1) is 11.3. The first-order valence-corrected chi connectivity index (χ1v) is 4.58. The Morgan fingerprint density at radius 2 is 2.13 bits per heavy atom. The molecule has 6 N–H and O–H groups in total. The first-order chi connectivity index (χ1) is 7.04. The molecule has 0 radical (unpaired) electrons. The van der Waals surface area contributed by atoms with Gasteiger partial charge in [-0.05, 0) is 31.2 Å². The van der Waals surface area contributed by atoms with Crippen molar-refractivity contribution < 1.29 is 9.90 Å². The van der Waals surface area contributed by atoms with E-state index in [2.05, 4.69) is 5.32 Å². The molecule has 0 unspecified atom stereocenters. The van der Waals surface area contributed by atoms with Crippen molar-refractivity contribution in [2.24, 2.45) is 0 Å². The summed E-state index contributed by atoms with van der Waals surface area (Å²) in [4.78, 5) is 10.8. The summed E-state index contributed by atoms with van der Waals surface area (Å²) in [5.41, 5.74) is 13.0. The third-order valence-corrected chi connectivity index (χ3v) is 2.24. The highest BCUT2D eigenvalue weighted by Gasteiger charge is 2.15. The zero-order chi connectivity index (χ0) is 11.4. The molecule has 0 aliphatic heterocycles. The van der Waals surface area contributed by atoms with Gasteiger partial charge < -0.3 is 21.9 Å². The maximum Gasteiger partial charge on any atom is 0.321 e. The van der Waals surface area contributed by atoms with Crippen LogP contribution in [0.1, 0.15) is 5.56 Å². The normalized spacial score (nSPS) is 12.3. The van der Waals surface area contributed by atoms with Gasteiger partial charge in [-0.1, -0.05) is 6.07 Å². The first-order valence-electron chi connectivity index (χ1n) is 4.58. The zero-order valence-electron chi connectivity index (χ0n) is 8.53. The molecule has 0 aliphatic rings. The largest absolute Gasteiger partial charge is 0.480 e. The van der Waals surface area contributed by atoms with Crippen molar-refractivity contribution >= 4 is 17.3 Å². The Morgan fingerprint density at radius 1 is 1.47 bits per heavy atom. The van der Waals surface area contributed by atoms with Crippen LogP contribution < -0.4 is 16.8 Å². The van der Waals surface area contributed by atoms with Crippen molar-refractivity contribution in [1.29, 1.82) is 0 Å². The van der Waals surface area contributed by atoms with Crippen LogP contribution in [-0.2, 0) is 11.2 Å². The van der Waals surface area contributed by atoms with Crippen LogP contribution in [0.4, 0.5) is 11.4 Å². The van der Waals surface area contributed by atoms with Gasteiger partial charge in [0.05, 0.1) is 11.4 Å². The van der Waals surface area contributed by atoms with Gasteiger partial charge in [0.15, 0.2) is 0 Å². The van der Waals surface area contributed by atoms with Gasteiger partial charge in [0.25, 0.3) is 0 Å². The number of hydrogen-bond donors (Lipinski definition) is 4. The SMILES string of the molecule is CN[C@@H](Cc1ccc(N)c(N)c1)C(=O)O. The molecule has 82 valence electrons. The Labute approximate surface area is 88.1 Å². The van der Waals surface area contributed by atoms with E-state index in [4.69, 9.17) is 16.6 Å². The van der Waals surface area contributed by atoms with Crippen LogP contribution in [0.5, 0.6) is 0 Å². The van der Waals surface area contributed by atoms with Crippen LogP contribution in [0, 0.1) is 0 Å².